The van der Waals surface area contributed by atoms with E-state index < -0.39 is 12.0 Å². The number of aryl methyl sites for hydroxylation is 2. The van der Waals surface area contributed by atoms with Gasteiger partial charge in [0, 0.05) is 42.0 Å². The van der Waals surface area contributed by atoms with E-state index >= 15 is 0 Å². The molecular formula is C45H38N12O4. The Labute approximate surface area is 349 Å². The molecule has 7 aromatic rings. The zero-order valence-corrected chi connectivity index (χ0v) is 32.9. The molecule has 16 heteroatoms. The van der Waals surface area contributed by atoms with Gasteiger partial charge in [0.05, 0.1) is 36.5 Å². The quantitative estimate of drug-likeness (QED) is 0.183. The molecule has 61 heavy (non-hydrogen) atoms. The molecule has 1 aliphatic carbocycles. The number of anilines is 2. The predicted octanol–water partition coefficient (Wildman–Crippen LogP) is 7.14. The van der Waals surface area contributed by atoms with E-state index in [1.54, 1.807) is 43.0 Å². The van der Waals surface area contributed by atoms with Crippen molar-refractivity contribution in [3.63, 3.8) is 0 Å². The normalized spacial score (nSPS) is 16.7. The molecule has 2 aromatic carbocycles. The maximum Gasteiger partial charge on any atom is 0.260 e. The molecule has 1 saturated carbocycles. The molecule has 16 nitrogen and oxygen atoms in total. The third-order valence-corrected chi connectivity index (χ3v) is 11.1. The van der Waals surface area contributed by atoms with Crippen LogP contribution in [0.3, 0.4) is 0 Å². The maximum atomic E-state index is 14.2. The predicted molar refractivity (Wildman–Crippen MR) is 222 cm³/mol. The average molecular weight is 811 g/mol. The maximum absolute atomic E-state index is 14.2. The van der Waals surface area contributed by atoms with Crippen molar-refractivity contribution in [3.05, 3.63) is 131 Å². The molecule has 1 fully saturated rings. The molecule has 0 saturated heterocycles. The minimum atomic E-state index is -0.603. The van der Waals surface area contributed by atoms with Crippen LogP contribution in [0.4, 0.5) is 11.6 Å². The smallest absolute Gasteiger partial charge is 0.260 e. The highest BCUT2D eigenvalue weighted by Gasteiger charge is 2.26. The van der Waals surface area contributed by atoms with Crippen LogP contribution in [0.15, 0.2) is 97.7 Å². The number of ether oxygens (including phenoxy) is 2. The molecule has 10 rings (SSSR count). The van der Waals surface area contributed by atoms with Gasteiger partial charge >= 0.3 is 0 Å². The second kappa shape index (κ2) is 16.2. The lowest BCUT2D eigenvalue weighted by atomic mass is 9.99. The molecular weight excluding hydrogens is 773 g/mol. The number of hydrogen-bond acceptors (Lipinski definition) is 12. The van der Waals surface area contributed by atoms with Gasteiger partial charge in [0.1, 0.15) is 41.4 Å². The van der Waals surface area contributed by atoms with Crippen LogP contribution in [0.2, 0.25) is 0 Å². The zero-order valence-electron chi connectivity index (χ0n) is 32.9. The number of carbonyl (C=O) groups excluding carboxylic acids is 2. The van der Waals surface area contributed by atoms with Crippen LogP contribution in [0.1, 0.15) is 87.2 Å². The van der Waals surface area contributed by atoms with Crippen LogP contribution in [-0.4, -0.2) is 62.9 Å². The third-order valence-electron chi connectivity index (χ3n) is 11.1. The molecule has 302 valence electrons. The standard InChI is InChI=1S/C45H38N12O4/c46-22-27-6-12-33-39(18-27)60-17-2-1-15-56-25-48-55-43(56)37-20-32(21-41(51-37)53-44(33)58)38-14-16-57-26-49-54-42(57)36-4-3-5-40(50-36)52-45(59)34-19-29(9-10-31(34)24-61-38)30-11-13-35(47-23-30)28-7-8-28/h3-6,9-13,18-21,23,25-26,28,38H,1-2,7-8,14-17,24H2,(H,50,52,59)(H,51,53,58). The Bertz CT molecular complexity index is 2840. The van der Waals surface area contributed by atoms with E-state index in [0.717, 1.165) is 36.1 Å². The lowest BCUT2D eigenvalue weighted by Crippen LogP contribution is -2.18. The SMILES string of the molecule is N#Cc1ccc2c(c1)OCCCCn1cnnc1-c1cc(C3CCn4cnnc4-c4cccc(n4)NC(=O)c4cc(-c5ccc(C6CC6)nc5)ccc4CO3)cc(n1)NC2=O. The number of rotatable bonds is 3. The van der Waals surface area contributed by atoms with Crippen molar-refractivity contribution in [2.45, 2.75) is 63.8 Å². The topological polar surface area (TPSA) is 201 Å². The summed E-state index contributed by atoms with van der Waals surface area (Å²) in [5.41, 5.74) is 6.29. The van der Waals surface area contributed by atoms with Crippen molar-refractivity contribution < 1.29 is 19.1 Å². The lowest BCUT2D eigenvalue weighted by Gasteiger charge is -2.22. The zero-order chi connectivity index (χ0) is 41.3. The summed E-state index contributed by atoms with van der Waals surface area (Å²) in [5, 5.41) is 32.8. The number of benzene rings is 2. The number of nitrogens with one attached hydrogen (secondary N) is 2. The Morgan fingerprint density at radius 3 is 2.34 bits per heavy atom. The molecule has 7 heterocycles. The summed E-state index contributed by atoms with van der Waals surface area (Å²) in [4.78, 5) is 42.5. The fourth-order valence-electron chi connectivity index (χ4n) is 7.69. The summed E-state index contributed by atoms with van der Waals surface area (Å²) in [6.45, 7) is 1.45. The van der Waals surface area contributed by atoms with Crippen molar-refractivity contribution in [3.8, 4) is 46.0 Å². The fraction of sp³-hybridized carbons (Fsp3) is 0.244. The molecule has 0 radical (unpaired) electrons. The summed E-state index contributed by atoms with van der Waals surface area (Å²) in [6, 6.07) is 25.8. The van der Waals surface area contributed by atoms with Gasteiger partial charge in [-0.05, 0) is 103 Å². The van der Waals surface area contributed by atoms with Gasteiger partial charge in [0.15, 0.2) is 11.6 Å². The van der Waals surface area contributed by atoms with Gasteiger partial charge in [-0.25, -0.2) is 9.97 Å². The van der Waals surface area contributed by atoms with E-state index in [2.05, 4.69) is 49.2 Å². The van der Waals surface area contributed by atoms with Crippen molar-refractivity contribution in [1.29, 1.82) is 5.26 Å². The molecule has 3 aliphatic rings. The van der Waals surface area contributed by atoms with E-state index in [4.69, 9.17) is 24.4 Å². The van der Waals surface area contributed by atoms with Gasteiger partial charge in [-0.2, -0.15) is 5.26 Å². The van der Waals surface area contributed by atoms with Crippen LogP contribution < -0.4 is 15.4 Å². The summed E-state index contributed by atoms with van der Waals surface area (Å²) >= 11 is 0. The molecule has 2 N–H and O–H groups in total. The largest absolute Gasteiger partial charge is 0.493 e. The van der Waals surface area contributed by atoms with Gasteiger partial charge in [-0.15, -0.1) is 20.4 Å². The van der Waals surface area contributed by atoms with Crippen LogP contribution >= 0.6 is 0 Å². The first-order valence-electron chi connectivity index (χ1n) is 20.2. The fourth-order valence-corrected chi connectivity index (χ4v) is 7.69. The van der Waals surface area contributed by atoms with Gasteiger partial charge in [0.2, 0.25) is 0 Å². The Kier molecular flexibility index (Phi) is 9.99. The second-order valence-corrected chi connectivity index (χ2v) is 15.3. The first-order chi connectivity index (χ1) is 30.0. The van der Waals surface area contributed by atoms with Crippen LogP contribution in [-0.2, 0) is 24.4 Å². The summed E-state index contributed by atoms with van der Waals surface area (Å²) < 4.78 is 16.7. The minimum absolute atomic E-state index is 0.0660. The number of amides is 2. The van der Waals surface area contributed by atoms with Crippen LogP contribution in [0.5, 0.6) is 5.75 Å². The monoisotopic (exact) mass is 810 g/mol. The van der Waals surface area contributed by atoms with E-state index in [1.807, 2.05) is 51.7 Å². The molecule has 4 bridgehead atoms. The number of nitriles is 1. The molecule has 1 atom stereocenters. The second-order valence-electron chi connectivity index (χ2n) is 15.3. The van der Waals surface area contributed by atoms with Gasteiger partial charge in [-0.3, -0.25) is 14.6 Å². The Morgan fingerprint density at radius 2 is 1.52 bits per heavy atom. The number of aromatic nitrogens is 9. The van der Waals surface area contributed by atoms with Gasteiger partial charge in [-0.1, -0.05) is 24.3 Å². The van der Waals surface area contributed by atoms with Crippen molar-refractivity contribution in [2.75, 3.05) is 17.2 Å². The summed E-state index contributed by atoms with van der Waals surface area (Å²) in [7, 11) is 0. The average Bonchev–Trinajstić information content (AvgIpc) is 3.84. The third kappa shape index (κ3) is 7.94. The van der Waals surface area contributed by atoms with Crippen LogP contribution in [0, 0.1) is 11.3 Å². The Morgan fingerprint density at radius 1 is 0.738 bits per heavy atom. The molecule has 5 aromatic heterocycles. The van der Waals surface area contributed by atoms with Crippen LogP contribution in [0.25, 0.3) is 34.2 Å². The van der Waals surface area contributed by atoms with Crippen molar-refractivity contribution in [1.82, 2.24) is 44.5 Å². The van der Waals surface area contributed by atoms with Gasteiger partial charge in [0.25, 0.3) is 11.8 Å². The van der Waals surface area contributed by atoms with E-state index in [1.165, 1.54) is 0 Å². The van der Waals surface area contributed by atoms with Crippen molar-refractivity contribution in [2.24, 2.45) is 0 Å². The number of carbonyl (C=O) groups is 2. The summed E-state index contributed by atoms with van der Waals surface area (Å²) in [6.07, 6.45) is 8.73. The van der Waals surface area contributed by atoms with E-state index in [0.29, 0.717) is 95.3 Å². The highest BCUT2D eigenvalue weighted by molar-refractivity contribution is 6.06. The Balaban J connectivity index is 1.06. The number of pyridine rings is 3. The Hall–Kier alpha value is -7.64. The number of fused-ring (bicyclic) bond motifs is 10. The molecule has 0 spiro atoms. The molecule has 1 unspecified atom stereocenters. The first-order valence-corrected chi connectivity index (χ1v) is 20.2. The summed E-state index contributed by atoms with van der Waals surface area (Å²) in [5.74, 6) is 1.70. The minimum Gasteiger partial charge on any atom is -0.493 e. The lowest BCUT2D eigenvalue weighted by molar-refractivity contribution is 0.0307. The molecule has 2 amide bonds. The van der Waals surface area contributed by atoms with Crippen molar-refractivity contribution >= 4 is 23.5 Å². The number of nitrogens with zero attached hydrogens (tertiary/aromatic N) is 10. The van der Waals surface area contributed by atoms with Gasteiger partial charge < -0.3 is 29.2 Å². The highest BCUT2D eigenvalue weighted by Crippen LogP contribution is 2.39. The first kappa shape index (κ1) is 37.6. The van der Waals surface area contributed by atoms with E-state index in [9.17, 15) is 14.9 Å². The number of hydrogen-bond donors (Lipinski definition) is 2. The highest BCUT2D eigenvalue weighted by atomic mass is 16.5. The molecule has 2 aliphatic heterocycles. The van der Waals surface area contributed by atoms with E-state index in [-0.39, 0.29) is 23.9 Å².